The molecule has 0 saturated carbocycles. The Hall–Kier alpha value is -6.82. The maximum atomic E-state index is 11.8. The van der Waals surface area contributed by atoms with Crippen molar-refractivity contribution in [1.82, 2.24) is 4.90 Å². The van der Waals surface area contributed by atoms with Gasteiger partial charge in [0.2, 0.25) is 0 Å². The van der Waals surface area contributed by atoms with Gasteiger partial charge in [0, 0.05) is 50.6 Å². The molecule has 0 fully saturated rings. The highest BCUT2D eigenvalue weighted by Gasteiger charge is 2.38. The molecule has 0 unspecified atom stereocenters. The number of anilines is 3. The van der Waals surface area contributed by atoms with Crippen LogP contribution in [0.5, 0.6) is 0 Å². The Balaban J connectivity index is -0.000000793. The van der Waals surface area contributed by atoms with E-state index in [1.54, 1.807) is 121 Å². The summed E-state index contributed by atoms with van der Waals surface area (Å²) in [6, 6.07) is 26.9. The van der Waals surface area contributed by atoms with Crippen molar-refractivity contribution < 1.29 is 38.4 Å². The summed E-state index contributed by atoms with van der Waals surface area (Å²) in [7, 11) is 0. The van der Waals surface area contributed by atoms with Crippen LogP contribution in [0.2, 0.25) is 0 Å². The highest BCUT2D eigenvalue weighted by molar-refractivity contribution is 6.34. The molecule has 8 amide bonds. The van der Waals surface area contributed by atoms with Crippen molar-refractivity contribution in [3.05, 3.63) is 136 Å². The number of para-hydroxylation sites is 3. The summed E-state index contributed by atoms with van der Waals surface area (Å²) in [6.45, 7) is 37.8. The minimum absolute atomic E-state index is 0. The van der Waals surface area contributed by atoms with Gasteiger partial charge in [-0.2, -0.15) is 0 Å². The molecule has 0 spiro atoms. The van der Waals surface area contributed by atoms with Gasteiger partial charge in [0.05, 0.1) is 17.1 Å². The highest BCUT2D eigenvalue weighted by atomic mass is 16.2. The second kappa shape index (κ2) is 33.6. The average molecular weight is 965 g/mol. The maximum absolute atomic E-state index is 11.8. The Morgan fingerprint density at radius 1 is 0.357 bits per heavy atom. The fourth-order valence-electron chi connectivity index (χ4n) is 5.90. The SMILES string of the molecule is C.CC.CC.CC.CC1=C(C)C(=O)N(c2ccccc2)C1=O.CC1=C(C)C(=O)N(c2ccccc2)C1=O.CC1=C(C)C(=O)N(c2ccccc2)C1=O.CC1=CC(=O)N(C(C)(C)C)C1=O.CCC.CCC. The van der Waals surface area contributed by atoms with Gasteiger partial charge in [0.25, 0.3) is 47.3 Å². The molecular formula is C58H84N4O8. The molecular weight excluding hydrogens is 881 g/mol. The first kappa shape index (κ1) is 67.4. The molecule has 0 radical (unpaired) electrons. The first-order chi connectivity index (χ1) is 32.5. The first-order valence-corrected chi connectivity index (χ1v) is 24.0. The van der Waals surface area contributed by atoms with E-state index >= 15 is 0 Å². The summed E-state index contributed by atoms with van der Waals surface area (Å²) >= 11 is 0. The summed E-state index contributed by atoms with van der Waals surface area (Å²) in [6.07, 6.45) is 3.88. The van der Waals surface area contributed by atoms with E-state index in [0.717, 1.165) is 0 Å². The zero-order chi connectivity index (χ0) is 53.9. The van der Waals surface area contributed by atoms with Gasteiger partial charge < -0.3 is 0 Å². The van der Waals surface area contributed by atoms with Crippen LogP contribution >= 0.6 is 0 Å². The zero-order valence-electron chi connectivity index (χ0n) is 45.2. The van der Waals surface area contributed by atoms with Crippen molar-refractivity contribution in [3.8, 4) is 0 Å². The molecule has 4 aliphatic rings. The van der Waals surface area contributed by atoms with Crippen molar-refractivity contribution >= 4 is 64.3 Å². The van der Waals surface area contributed by atoms with E-state index < -0.39 is 5.54 Å². The molecule has 7 rings (SSSR count). The van der Waals surface area contributed by atoms with Crippen molar-refractivity contribution in [1.29, 1.82) is 0 Å². The van der Waals surface area contributed by atoms with E-state index in [4.69, 9.17) is 0 Å². The van der Waals surface area contributed by atoms with E-state index in [9.17, 15) is 38.4 Å². The van der Waals surface area contributed by atoms with Gasteiger partial charge in [-0.05, 0) is 106 Å². The number of benzene rings is 3. The van der Waals surface area contributed by atoms with Crippen LogP contribution in [0.4, 0.5) is 17.1 Å². The molecule has 4 heterocycles. The third-order valence-electron chi connectivity index (χ3n) is 9.65. The summed E-state index contributed by atoms with van der Waals surface area (Å²) < 4.78 is 0. The molecule has 0 bridgehead atoms. The topological polar surface area (TPSA) is 150 Å². The second-order valence-electron chi connectivity index (χ2n) is 16.0. The van der Waals surface area contributed by atoms with Crippen LogP contribution in [0.15, 0.2) is 136 Å². The summed E-state index contributed by atoms with van der Waals surface area (Å²) in [4.78, 5) is 98.2. The smallest absolute Gasteiger partial charge is 0.261 e. The molecule has 0 N–H and O–H groups in total. The number of amides is 8. The maximum Gasteiger partial charge on any atom is 0.261 e. The molecule has 384 valence electrons. The van der Waals surface area contributed by atoms with E-state index in [0.29, 0.717) is 56.1 Å². The van der Waals surface area contributed by atoms with Gasteiger partial charge in [0.1, 0.15) is 0 Å². The molecule has 0 aromatic heterocycles. The molecule has 70 heavy (non-hydrogen) atoms. The number of imide groups is 4. The molecule has 4 aliphatic heterocycles. The first-order valence-electron chi connectivity index (χ1n) is 24.0. The molecule has 0 aliphatic carbocycles. The fraction of sp³-hybridized carbons (Fsp3) is 0.414. The summed E-state index contributed by atoms with van der Waals surface area (Å²) in [5.41, 5.74) is 5.18. The monoisotopic (exact) mass is 965 g/mol. The van der Waals surface area contributed by atoms with Crippen molar-refractivity contribution in [2.24, 2.45) is 0 Å². The number of rotatable bonds is 3. The Morgan fingerprint density at radius 2 is 0.543 bits per heavy atom. The lowest BCUT2D eigenvalue weighted by Gasteiger charge is -2.29. The van der Waals surface area contributed by atoms with E-state index in [1.165, 1.54) is 38.5 Å². The molecule has 0 saturated heterocycles. The average Bonchev–Trinajstić information content (AvgIpc) is 3.89. The van der Waals surface area contributed by atoms with Gasteiger partial charge in [0.15, 0.2) is 0 Å². The lowest BCUT2D eigenvalue weighted by molar-refractivity contribution is -0.142. The minimum atomic E-state index is -0.414. The number of hydrogen-bond donors (Lipinski definition) is 0. The lowest BCUT2D eigenvalue weighted by Crippen LogP contribution is -2.45. The molecule has 12 heteroatoms. The van der Waals surface area contributed by atoms with Crippen LogP contribution in [0.1, 0.15) is 159 Å². The quantitative estimate of drug-likeness (QED) is 0.236. The van der Waals surface area contributed by atoms with Gasteiger partial charge in [-0.25, -0.2) is 14.7 Å². The Labute approximate surface area is 421 Å². The number of nitrogens with zero attached hydrogens (tertiary/aromatic N) is 4. The standard InChI is InChI=1S/3C12H11NO2.C9H13NO2.2C3H8.3C2H6.CH4/c3*1-8-9(2)12(15)13(11(8)14)10-6-4-3-5-7-10;1-6-5-7(11)10(8(6)12)9(2,3)4;2*1-3-2;3*1-2;/h3*3-7H,1-2H3;5H,1-4H3;2*3H2,1-2H3;3*1-2H3;1H4. The molecule has 3 aromatic carbocycles. The second-order valence-corrected chi connectivity index (χ2v) is 16.0. The van der Waals surface area contributed by atoms with Crippen molar-refractivity contribution in [2.75, 3.05) is 14.7 Å². The Morgan fingerprint density at radius 3 is 0.671 bits per heavy atom. The van der Waals surface area contributed by atoms with E-state index in [1.807, 2.05) is 80.5 Å². The third-order valence-corrected chi connectivity index (χ3v) is 9.65. The van der Waals surface area contributed by atoms with Crippen molar-refractivity contribution in [2.45, 2.75) is 164 Å². The fourth-order valence-corrected chi connectivity index (χ4v) is 5.90. The lowest BCUT2D eigenvalue weighted by atomic mass is 10.1. The Bertz CT molecular complexity index is 2050. The van der Waals surface area contributed by atoms with Gasteiger partial charge >= 0.3 is 0 Å². The number of carbonyl (C=O) groups excluding carboxylic acids is 8. The van der Waals surface area contributed by atoms with Crippen LogP contribution in [0.3, 0.4) is 0 Å². The van der Waals surface area contributed by atoms with Crippen LogP contribution < -0.4 is 14.7 Å². The highest BCUT2D eigenvalue weighted by Crippen LogP contribution is 2.28. The van der Waals surface area contributed by atoms with Gasteiger partial charge in [-0.1, -0.05) is 144 Å². The minimum Gasteiger partial charge on any atom is -0.270 e. The molecule has 12 nitrogen and oxygen atoms in total. The number of carbonyl (C=O) groups is 8. The molecule has 0 atom stereocenters. The van der Waals surface area contributed by atoms with Crippen LogP contribution in [0, 0.1) is 0 Å². The third kappa shape index (κ3) is 17.9. The van der Waals surface area contributed by atoms with Crippen molar-refractivity contribution in [3.63, 3.8) is 0 Å². The Kier molecular flexibility index (Phi) is 32.4. The largest absolute Gasteiger partial charge is 0.270 e. The predicted octanol–water partition coefficient (Wildman–Crippen LogP) is 13.3. The van der Waals surface area contributed by atoms with Crippen LogP contribution in [0.25, 0.3) is 0 Å². The summed E-state index contributed by atoms with van der Waals surface area (Å²) in [5.74, 6) is -1.69. The van der Waals surface area contributed by atoms with Crippen LogP contribution in [-0.4, -0.2) is 57.7 Å². The number of hydrogen-bond acceptors (Lipinski definition) is 8. The normalized spacial score (nSPS) is 14.6. The predicted molar refractivity (Wildman–Crippen MR) is 290 cm³/mol. The van der Waals surface area contributed by atoms with E-state index in [2.05, 4.69) is 27.7 Å². The van der Waals surface area contributed by atoms with E-state index in [-0.39, 0.29) is 54.7 Å². The van der Waals surface area contributed by atoms with Gasteiger partial charge in [-0.3, -0.25) is 43.3 Å². The van der Waals surface area contributed by atoms with Gasteiger partial charge in [-0.15, -0.1) is 0 Å². The molecule has 3 aromatic rings. The zero-order valence-corrected chi connectivity index (χ0v) is 45.2. The summed E-state index contributed by atoms with van der Waals surface area (Å²) in [5, 5.41) is 0. The van der Waals surface area contributed by atoms with Crippen LogP contribution in [-0.2, 0) is 38.4 Å².